The number of thioether (sulfide) groups is 1. The molecule has 9 heteroatoms. The van der Waals surface area contributed by atoms with E-state index >= 15 is 0 Å². The minimum atomic E-state index is -3.73. The topological polar surface area (TPSA) is 102 Å². The van der Waals surface area contributed by atoms with Crippen molar-refractivity contribution in [1.82, 2.24) is 5.32 Å². The van der Waals surface area contributed by atoms with E-state index in [1.54, 1.807) is 32.2 Å². The minimum Gasteiger partial charge on any atom is -0.497 e. The van der Waals surface area contributed by atoms with Crippen molar-refractivity contribution >= 4 is 39.1 Å². The summed E-state index contributed by atoms with van der Waals surface area (Å²) >= 11 is 1.39. The fourth-order valence-corrected chi connectivity index (χ4v) is 5.29. The molecule has 0 saturated carbocycles. The summed E-state index contributed by atoms with van der Waals surface area (Å²) in [7, 11) is -2.15. The summed E-state index contributed by atoms with van der Waals surface area (Å²) in [5.74, 6) is 0.212. The quantitative estimate of drug-likeness (QED) is 0.675. The van der Waals surface area contributed by atoms with Crippen molar-refractivity contribution in [1.29, 1.82) is 0 Å². The summed E-state index contributed by atoms with van der Waals surface area (Å²) in [6.07, 6.45) is -0.159. The Balaban J connectivity index is 1.63. The van der Waals surface area contributed by atoms with Crippen LogP contribution < -0.4 is 15.4 Å². The van der Waals surface area contributed by atoms with Crippen molar-refractivity contribution in [2.75, 3.05) is 12.4 Å². The van der Waals surface area contributed by atoms with Gasteiger partial charge in [-0.15, -0.1) is 11.8 Å². The Morgan fingerprint density at radius 2 is 1.93 bits per heavy atom. The molecule has 0 spiro atoms. The number of anilines is 1. The molecular formula is C21H24N2O5S2. The maximum Gasteiger partial charge on any atom is 0.237 e. The highest BCUT2D eigenvalue weighted by atomic mass is 32.2. The summed E-state index contributed by atoms with van der Waals surface area (Å²) < 4.78 is 31.0. The summed E-state index contributed by atoms with van der Waals surface area (Å²) in [5, 5.41) is 4.35. The van der Waals surface area contributed by atoms with E-state index in [2.05, 4.69) is 10.6 Å². The molecule has 0 radical (unpaired) electrons. The Labute approximate surface area is 180 Å². The fraction of sp³-hybridized carbons (Fsp3) is 0.333. The van der Waals surface area contributed by atoms with Crippen LogP contribution in [0.3, 0.4) is 0 Å². The number of amides is 2. The van der Waals surface area contributed by atoms with Crippen LogP contribution in [0, 0.1) is 0 Å². The molecule has 30 heavy (non-hydrogen) atoms. The lowest BCUT2D eigenvalue weighted by Crippen LogP contribution is -2.30. The number of rotatable bonds is 7. The second-order valence-electron chi connectivity index (χ2n) is 7.09. The minimum absolute atomic E-state index is 0.0900. The van der Waals surface area contributed by atoms with E-state index in [9.17, 15) is 18.0 Å². The molecule has 2 aromatic rings. The number of carbonyl (C=O) groups excluding carboxylic acids is 2. The van der Waals surface area contributed by atoms with Gasteiger partial charge in [-0.25, -0.2) is 8.42 Å². The van der Waals surface area contributed by atoms with E-state index in [4.69, 9.17) is 4.74 Å². The third-order valence-electron chi connectivity index (χ3n) is 4.86. The number of fused-ring (bicyclic) bond motifs is 1. The number of hydrogen-bond donors (Lipinski definition) is 2. The zero-order chi connectivity index (χ0) is 21.9. The number of benzene rings is 2. The van der Waals surface area contributed by atoms with Gasteiger partial charge in [0.15, 0.2) is 9.84 Å². The van der Waals surface area contributed by atoms with Gasteiger partial charge < -0.3 is 15.4 Å². The molecule has 0 fully saturated rings. The van der Waals surface area contributed by atoms with Gasteiger partial charge in [-0.2, -0.15) is 0 Å². The molecule has 0 saturated heterocycles. The molecule has 160 valence electrons. The highest BCUT2D eigenvalue weighted by Crippen LogP contribution is 2.37. The van der Waals surface area contributed by atoms with Crippen LogP contribution in [0.4, 0.5) is 5.69 Å². The molecule has 1 aliphatic heterocycles. The van der Waals surface area contributed by atoms with Gasteiger partial charge in [0.1, 0.15) is 5.75 Å². The molecule has 0 aliphatic carbocycles. The van der Waals surface area contributed by atoms with Gasteiger partial charge in [0.2, 0.25) is 11.8 Å². The smallest absolute Gasteiger partial charge is 0.237 e. The molecule has 2 amide bonds. The predicted octanol–water partition coefficient (Wildman–Crippen LogP) is 3.00. The van der Waals surface area contributed by atoms with Crippen LogP contribution >= 0.6 is 11.8 Å². The first-order chi connectivity index (χ1) is 14.2. The van der Waals surface area contributed by atoms with Crippen molar-refractivity contribution in [3.63, 3.8) is 0 Å². The van der Waals surface area contributed by atoms with Crippen molar-refractivity contribution < 1.29 is 22.7 Å². The molecule has 7 nitrogen and oxygen atoms in total. The first-order valence-corrected chi connectivity index (χ1v) is 11.9. The number of sulfone groups is 1. The Morgan fingerprint density at radius 3 is 2.60 bits per heavy atom. The molecule has 3 rings (SSSR count). The summed E-state index contributed by atoms with van der Waals surface area (Å²) in [5.41, 5.74) is 1.37. The van der Waals surface area contributed by atoms with Gasteiger partial charge in [0.05, 0.1) is 28.2 Å². The first kappa shape index (κ1) is 22.2. The third kappa shape index (κ3) is 4.96. The average Bonchev–Trinajstić information content (AvgIpc) is 2.73. The third-order valence-corrected chi connectivity index (χ3v) is 8.18. The largest absolute Gasteiger partial charge is 0.497 e. The van der Waals surface area contributed by atoms with E-state index in [-0.39, 0.29) is 28.4 Å². The monoisotopic (exact) mass is 448 g/mol. The van der Waals surface area contributed by atoms with Gasteiger partial charge in [-0.1, -0.05) is 12.1 Å². The van der Waals surface area contributed by atoms with Crippen LogP contribution in [0.1, 0.15) is 25.8 Å². The SMILES string of the molecule is COc1ccc(CNC(=O)C[C@@H](C)S(=O)(=O)c2ccc3c(c2)NC(=O)[C@@H](C)S3)cc1. The summed E-state index contributed by atoms with van der Waals surface area (Å²) in [6.45, 7) is 3.60. The Kier molecular flexibility index (Phi) is 6.72. The van der Waals surface area contributed by atoms with Crippen LogP contribution in [0.15, 0.2) is 52.3 Å². The van der Waals surface area contributed by atoms with E-state index < -0.39 is 15.1 Å². The maximum absolute atomic E-state index is 12.9. The maximum atomic E-state index is 12.9. The Hall–Kier alpha value is -2.52. The highest BCUT2D eigenvalue weighted by molar-refractivity contribution is 8.01. The standard InChI is InChI=1S/C21H24N2O5S2/c1-13(10-20(24)22-12-15-4-6-16(28-3)7-5-15)30(26,27)17-8-9-19-18(11-17)23-21(25)14(2)29-19/h4-9,11,13-14H,10,12H2,1-3H3,(H,22,24)(H,23,25)/t13-,14-/m1/s1. The molecule has 2 aromatic carbocycles. The number of methoxy groups -OCH3 is 1. The number of nitrogens with one attached hydrogen (secondary N) is 2. The van der Waals surface area contributed by atoms with Crippen LogP contribution in [-0.2, 0) is 26.0 Å². The van der Waals surface area contributed by atoms with Gasteiger partial charge in [0, 0.05) is 17.9 Å². The van der Waals surface area contributed by atoms with Gasteiger partial charge in [-0.3, -0.25) is 9.59 Å². The van der Waals surface area contributed by atoms with Crippen molar-refractivity contribution in [2.24, 2.45) is 0 Å². The summed E-state index contributed by atoms with van der Waals surface area (Å²) in [6, 6.07) is 11.9. The van der Waals surface area contributed by atoms with Gasteiger partial charge >= 0.3 is 0 Å². The lowest BCUT2D eigenvalue weighted by atomic mass is 10.2. The zero-order valence-electron chi connectivity index (χ0n) is 17.0. The number of carbonyl (C=O) groups is 2. The molecule has 1 aliphatic rings. The molecule has 0 bridgehead atoms. The Morgan fingerprint density at radius 1 is 1.23 bits per heavy atom. The molecule has 1 heterocycles. The van der Waals surface area contributed by atoms with Gasteiger partial charge in [0.25, 0.3) is 0 Å². The predicted molar refractivity (Wildman–Crippen MR) is 116 cm³/mol. The van der Waals surface area contributed by atoms with Crippen LogP contribution in [-0.4, -0.2) is 37.8 Å². The van der Waals surface area contributed by atoms with Crippen LogP contribution in [0.25, 0.3) is 0 Å². The van der Waals surface area contributed by atoms with Crippen molar-refractivity contribution in [3.05, 3.63) is 48.0 Å². The second-order valence-corrected chi connectivity index (χ2v) is 10.8. The fourth-order valence-electron chi connectivity index (χ4n) is 2.98. The molecular weight excluding hydrogens is 424 g/mol. The molecule has 0 unspecified atom stereocenters. The molecule has 2 N–H and O–H groups in total. The first-order valence-electron chi connectivity index (χ1n) is 9.46. The molecule has 2 atom stereocenters. The normalized spacial score (nSPS) is 16.9. The Bertz CT molecular complexity index is 1050. The lowest BCUT2D eigenvalue weighted by molar-refractivity contribution is -0.121. The van der Waals surface area contributed by atoms with Crippen LogP contribution in [0.2, 0.25) is 0 Å². The van der Waals surface area contributed by atoms with Gasteiger partial charge in [-0.05, 0) is 49.7 Å². The average molecular weight is 449 g/mol. The van der Waals surface area contributed by atoms with Crippen molar-refractivity contribution in [2.45, 2.75) is 47.1 Å². The number of ether oxygens (including phenoxy) is 1. The lowest BCUT2D eigenvalue weighted by Gasteiger charge is -2.22. The zero-order valence-corrected chi connectivity index (χ0v) is 18.6. The second kappa shape index (κ2) is 9.09. The number of hydrogen-bond acceptors (Lipinski definition) is 6. The van der Waals surface area contributed by atoms with E-state index in [1.807, 2.05) is 12.1 Å². The summed E-state index contributed by atoms with van der Waals surface area (Å²) in [4.78, 5) is 25.1. The van der Waals surface area contributed by atoms with Crippen molar-refractivity contribution in [3.8, 4) is 5.75 Å². The molecule has 0 aromatic heterocycles. The van der Waals surface area contributed by atoms with E-state index in [1.165, 1.54) is 30.8 Å². The highest BCUT2D eigenvalue weighted by Gasteiger charge is 2.29. The van der Waals surface area contributed by atoms with Crippen LogP contribution in [0.5, 0.6) is 5.75 Å². The van der Waals surface area contributed by atoms with E-state index in [0.29, 0.717) is 12.2 Å². The van der Waals surface area contributed by atoms with E-state index in [0.717, 1.165) is 16.2 Å².